The summed E-state index contributed by atoms with van der Waals surface area (Å²) >= 11 is 5.68. The lowest BCUT2D eigenvalue weighted by atomic mass is 10.1. The first-order valence-electron chi connectivity index (χ1n) is 5.32. The van der Waals surface area contributed by atoms with Gasteiger partial charge in [0.15, 0.2) is 11.6 Å². The minimum atomic E-state index is -0.492. The molecular formula is C12H15ClFNO2. The number of carbonyl (C=O) groups excluding carboxylic acids is 1. The number of amides is 1. The number of alkyl halides is 1. The van der Waals surface area contributed by atoms with E-state index in [4.69, 9.17) is 16.3 Å². The van der Waals surface area contributed by atoms with Crippen LogP contribution in [-0.2, 0) is 0 Å². The van der Waals surface area contributed by atoms with E-state index in [0.717, 1.165) is 6.42 Å². The smallest absolute Gasteiger partial charge is 0.251 e. The van der Waals surface area contributed by atoms with Gasteiger partial charge in [-0.1, -0.05) is 6.92 Å². The summed E-state index contributed by atoms with van der Waals surface area (Å²) in [4.78, 5) is 11.8. The molecule has 5 heteroatoms. The second kappa shape index (κ2) is 6.45. The lowest BCUT2D eigenvalue weighted by Crippen LogP contribution is -2.35. The Morgan fingerprint density at radius 2 is 2.29 bits per heavy atom. The molecule has 0 bridgehead atoms. The maximum Gasteiger partial charge on any atom is 0.251 e. The third-order valence-corrected chi connectivity index (χ3v) is 2.80. The molecule has 3 nitrogen and oxygen atoms in total. The van der Waals surface area contributed by atoms with Gasteiger partial charge >= 0.3 is 0 Å². The van der Waals surface area contributed by atoms with E-state index in [9.17, 15) is 9.18 Å². The van der Waals surface area contributed by atoms with Crippen LogP contribution in [0.5, 0.6) is 5.75 Å². The zero-order valence-electron chi connectivity index (χ0n) is 9.80. The summed E-state index contributed by atoms with van der Waals surface area (Å²) in [6.45, 7) is 1.93. The summed E-state index contributed by atoms with van der Waals surface area (Å²) in [6, 6.07) is 3.90. The highest BCUT2D eigenvalue weighted by molar-refractivity contribution is 6.18. The van der Waals surface area contributed by atoms with Crippen molar-refractivity contribution in [3.8, 4) is 5.75 Å². The van der Waals surface area contributed by atoms with Gasteiger partial charge in [-0.3, -0.25) is 4.79 Å². The largest absolute Gasteiger partial charge is 0.494 e. The van der Waals surface area contributed by atoms with Gasteiger partial charge in [0.05, 0.1) is 7.11 Å². The van der Waals surface area contributed by atoms with Gasteiger partial charge in [0.25, 0.3) is 5.91 Å². The first kappa shape index (κ1) is 13.8. The van der Waals surface area contributed by atoms with Gasteiger partial charge in [-0.25, -0.2) is 4.39 Å². The highest BCUT2D eigenvalue weighted by Crippen LogP contribution is 2.18. The van der Waals surface area contributed by atoms with Crippen LogP contribution in [0, 0.1) is 5.82 Å². The van der Waals surface area contributed by atoms with E-state index < -0.39 is 5.82 Å². The minimum absolute atomic E-state index is 0.0524. The lowest BCUT2D eigenvalue weighted by Gasteiger charge is -2.14. The van der Waals surface area contributed by atoms with Gasteiger partial charge in [0.1, 0.15) is 0 Å². The maximum atomic E-state index is 13.2. The van der Waals surface area contributed by atoms with Crippen LogP contribution in [0.25, 0.3) is 0 Å². The fourth-order valence-electron chi connectivity index (χ4n) is 1.32. The number of halogens is 2. The standard InChI is InChI=1S/C12H15ClFNO2/c1-3-9(7-13)15-12(16)8-4-5-10(14)11(6-8)17-2/h4-6,9H,3,7H2,1-2H3,(H,15,16). The molecule has 0 spiro atoms. The number of hydrogen-bond acceptors (Lipinski definition) is 2. The molecule has 94 valence electrons. The van der Waals surface area contributed by atoms with Crippen molar-refractivity contribution in [1.82, 2.24) is 5.32 Å². The van der Waals surface area contributed by atoms with Crippen LogP contribution < -0.4 is 10.1 Å². The SMILES string of the molecule is CCC(CCl)NC(=O)c1ccc(F)c(OC)c1. The van der Waals surface area contributed by atoms with E-state index in [2.05, 4.69) is 5.32 Å². The predicted molar refractivity (Wildman–Crippen MR) is 65.2 cm³/mol. The molecular weight excluding hydrogens is 245 g/mol. The Labute approximate surface area is 105 Å². The molecule has 0 aliphatic carbocycles. The van der Waals surface area contributed by atoms with E-state index in [1.165, 1.54) is 25.3 Å². The first-order chi connectivity index (χ1) is 8.12. The van der Waals surface area contributed by atoms with Crippen molar-refractivity contribution >= 4 is 17.5 Å². The molecule has 0 aliphatic rings. The van der Waals surface area contributed by atoms with Crippen LogP contribution in [-0.4, -0.2) is 24.9 Å². The summed E-state index contributed by atoms with van der Waals surface area (Å²) in [5.74, 6) is -0.374. The maximum absolute atomic E-state index is 13.2. The number of benzene rings is 1. The summed E-state index contributed by atoms with van der Waals surface area (Å²) in [5.41, 5.74) is 0.354. The Morgan fingerprint density at radius 3 is 2.82 bits per heavy atom. The van der Waals surface area contributed by atoms with Crippen molar-refractivity contribution in [2.24, 2.45) is 0 Å². The molecule has 1 aromatic rings. The van der Waals surface area contributed by atoms with Gasteiger partial charge in [-0.15, -0.1) is 11.6 Å². The number of hydrogen-bond donors (Lipinski definition) is 1. The number of ether oxygens (including phenoxy) is 1. The minimum Gasteiger partial charge on any atom is -0.494 e. The van der Waals surface area contributed by atoms with Crippen molar-refractivity contribution < 1.29 is 13.9 Å². The van der Waals surface area contributed by atoms with Crippen LogP contribution in [0.2, 0.25) is 0 Å². The zero-order chi connectivity index (χ0) is 12.8. The number of rotatable bonds is 5. The predicted octanol–water partition coefficient (Wildman–Crippen LogP) is 2.58. The summed E-state index contributed by atoms with van der Waals surface area (Å²) < 4.78 is 18.0. The van der Waals surface area contributed by atoms with Gasteiger partial charge in [0, 0.05) is 17.5 Å². The highest BCUT2D eigenvalue weighted by Gasteiger charge is 2.13. The van der Waals surface area contributed by atoms with Crippen molar-refractivity contribution in [2.75, 3.05) is 13.0 Å². The Bertz CT molecular complexity index is 394. The van der Waals surface area contributed by atoms with E-state index in [1.54, 1.807) is 0 Å². The zero-order valence-corrected chi connectivity index (χ0v) is 10.6. The van der Waals surface area contributed by atoms with Crippen LogP contribution in [0.1, 0.15) is 23.7 Å². The van der Waals surface area contributed by atoms with Gasteiger partial charge in [-0.05, 0) is 24.6 Å². The number of nitrogens with one attached hydrogen (secondary N) is 1. The molecule has 0 heterocycles. The van der Waals surface area contributed by atoms with E-state index in [-0.39, 0.29) is 17.7 Å². The Morgan fingerprint density at radius 1 is 1.59 bits per heavy atom. The topological polar surface area (TPSA) is 38.3 Å². The first-order valence-corrected chi connectivity index (χ1v) is 5.86. The number of methoxy groups -OCH3 is 1. The molecule has 0 radical (unpaired) electrons. The molecule has 1 aromatic carbocycles. The molecule has 0 saturated heterocycles. The summed E-state index contributed by atoms with van der Waals surface area (Å²) in [5, 5.41) is 2.75. The average Bonchev–Trinajstić information content (AvgIpc) is 2.36. The third kappa shape index (κ3) is 3.60. The molecule has 17 heavy (non-hydrogen) atoms. The molecule has 1 atom stereocenters. The fraction of sp³-hybridized carbons (Fsp3) is 0.417. The van der Waals surface area contributed by atoms with E-state index in [1.807, 2.05) is 6.92 Å². The molecule has 1 amide bonds. The molecule has 1 rings (SSSR count). The fourth-order valence-corrected chi connectivity index (χ4v) is 1.61. The average molecular weight is 260 g/mol. The van der Waals surface area contributed by atoms with Crippen LogP contribution in [0.4, 0.5) is 4.39 Å². The Kier molecular flexibility index (Phi) is 5.22. The van der Waals surface area contributed by atoms with Crippen molar-refractivity contribution in [1.29, 1.82) is 0 Å². The van der Waals surface area contributed by atoms with Gasteiger partial charge < -0.3 is 10.1 Å². The quantitative estimate of drug-likeness (QED) is 0.826. The number of carbonyl (C=O) groups is 1. The summed E-state index contributed by atoms with van der Waals surface area (Å²) in [7, 11) is 1.35. The van der Waals surface area contributed by atoms with Crippen LogP contribution >= 0.6 is 11.6 Å². The lowest BCUT2D eigenvalue weighted by molar-refractivity contribution is 0.0939. The molecule has 1 N–H and O–H groups in total. The second-order valence-electron chi connectivity index (χ2n) is 3.58. The Hall–Kier alpha value is -1.29. The van der Waals surface area contributed by atoms with E-state index >= 15 is 0 Å². The van der Waals surface area contributed by atoms with Crippen molar-refractivity contribution in [3.05, 3.63) is 29.6 Å². The highest BCUT2D eigenvalue weighted by atomic mass is 35.5. The second-order valence-corrected chi connectivity index (χ2v) is 3.89. The molecule has 1 unspecified atom stereocenters. The van der Waals surface area contributed by atoms with Crippen molar-refractivity contribution in [2.45, 2.75) is 19.4 Å². The molecule has 0 aromatic heterocycles. The molecule has 0 aliphatic heterocycles. The molecule has 0 saturated carbocycles. The van der Waals surface area contributed by atoms with Gasteiger partial charge in [0.2, 0.25) is 0 Å². The summed E-state index contributed by atoms with van der Waals surface area (Å²) in [6.07, 6.45) is 0.744. The van der Waals surface area contributed by atoms with Gasteiger partial charge in [-0.2, -0.15) is 0 Å². The Balaban J connectivity index is 2.82. The monoisotopic (exact) mass is 259 g/mol. The normalized spacial score (nSPS) is 12.0. The van der Waals surface area contributed by atoms with Crippen LogP contribution in [0.3, 0.4) is 0 Å². The van der Waals surface area contributed by atoms with Crippen LogP contribution in [0.15, 0.2) is 18.2 Å². The molecule has 0 fully saturated rings. The third-order valence-electron chi connectivity index (χ3n) is 2.43. The van der Waals surface area contributed by atoms with Crippen molar-refractivity contribution in [3.63, 3.8) is 0 Å². The van der Waals surface area contributed by atoms with E-state index in [0.29, 0.717) is 11.4 Å².